The minimum atomic E-state index is -0.263. The Kier molecular flexibility index (Phi) is 4.52. The van der Waals surface area contributed by atoms with E-state index < -0.39 is 0 Å². The number of nitrogens with zero attached hydrogens (tertiary/aromatic N) is 1. The number of aliphatic hydroxyl groups excluding tert-OH is 1. The van der Waals surface area contributed by atoms with Gasteiger partial charge in [0.1, 0.15) is 0 Å². The molecule has 0 radical (unpaired) electrons. The van der Waals surface area contributed by atoms with Gasteiger partial charge in [0.05, 0.1) is 10.6 Å². The number of hydrogen-bond donors (Lipinski definition) is 2. The summed E-state index contributed by atoms with van der Waals surface area (Å²) in [5.74, 6) is -0.263. The topological polar surface area (TPSA) is 62.2 Å². The molecule has 0 fully saturated rings. The third kappa shape index (κ3) is 3.49. The number of carbonyl (C=O) groups is 1. The summed E-state index contributed by atoms with van der Waals surface area (Å²) < 4.78 is 0. The molecule has 0 aliphatic heterocycles. The van der Waals surface area contributed by atoms with Gasteiger partial charge in [-0.25, -0.2) is 0 Å². The highest BCUT2D eigenvalue weighted by atomic mass is 35.5. The van der Waals surface area contributed by atoms with E-state index in [4.69, 9.17) is 16.7 Å². The van der Waals surface area contributed by atoms with Crippen molar-refractivity contribution in [3.8, 4) is 0 Å². The van der Waals surface area contributed by atoms with Crippen LogP contribution < -0.4 is 5.32 Å². The van der Waals surface area contributed by atoms with E-state index in [0.717, 1.165) is 5.69 Å². The van der Waals surface area contributed by atoms with E-state index in [9.17, 15) is 4.79 Å². The molecule has 4 nitrogen and oxygen atoms in total. The Labute approximate surface area is 93.3 Å². The van der Waals surface area contributed by atoms with Crippen LogP contribution in [0.2, 0.25) is 5.02 Å². The number of hydrogen-bond acceptors (Lipinski definition) is 3. The summed E-state index contributed by atoms with van der Waals surface area (Å²) >= 11 is 5.89. The van der Waals surface area contributed by atoms with Crippen molar-refractivity contribution in [1.29, 1.82) is 0 Å². The zero-order valence-corrected chi connectivity index (χ0v) is 9.21. The van der Waals surface area contributed by atoms with Gasteiger partial charge in [-0.3, -0.25) is 9.78 Å². The maximum absolute atomic E-state index is 11.5. The second kappa shape index (κ2) is 5.68. The zero-order chi connectivity index (χ0) is 11.3. The lowest BCUT2D eigenvalue weighted by molar-refractivity contribution is 0.0951. The molecule has 1 heterocycles. The number of aliphatic hydroxyl groups is 1. The fourth-order valence-corrected chi connectivity index (χ4v) is 1.36. The molecule has 1 aromatic rings. The van der Waals surface area contributed by atoms with Crippen molar-refractivity contribution in [3.05, 3.63) is 28.5 Å². The standard InChI is InChI=1S/C10H13ClN2O2/c1-7-5-9(11)8(6-13-7)10(15)12-3-2-4-14/h5-6,14H,2-4H2,1H3,(H,12,15). The smallest absolute Gasteiger partial charge is 0.254 e. The molecule has 82 valence electrons. The Hall–Kier alpha value is -1.13. The normalized spacial score (nSPS) is 10.1. The Balaban J connectivity index is 2.65. The van der Waals surface area contributed by atoms with Crippen LogP contribution in [0.1, 0.15) is 22.5 Å². The first-order chi connectivity index (χ1) is 7.15. The van der Waals surface area contributed by atoms with E-state index in [1.165, 1.54) is 6.20 Å². The van der Waals surface area contributed by atoms with E-state index >= 15 is 0 Å². The van der Waals surface area contributed by atoms with Crippen molar-refractivity contribution < 1.29 is 9.90 Å². The number of rotatable bonds is 4. The number of amides is 1. The van der Waals surface area contributed by atoms with E-state index in [0.29, 0.717) is 23.6 Å². The highest BCUT2D eigenvalue weighted by Crippen LogP contribution is 2.15. The minimum Gasteiger partial charge on any atom is -0.396 e. The summed E-state index contributed by atoms with van der Waals surface area (Å²) in [6.45, 7) is 2.29. The summed E-state index contributed by atoms with van der Waals surface area (Å²) in [5.41, 5.74) is 1.13. The summed E-state index contributed by atoms with van der Waals surface area (Å²) in [6.07, 6.45) is 1.98. The lowest BCUT2D eigenvalue weighted by atomic mass is 10.2. The van der Waals surface area contributed by atoms with Crippen LogP contribution in [0.25, 0.3) is 0 Å². The largest absolute Gasteiger partial charge is 0.396 e. The molecule has 0 aliphatic rings. The fraction of sp³-hybridized carbons (Fsp3) is 0.400. The van der Waals surface area contributed by atoms with E-state index in [2.05, 4.69) is 10.3 Å². The second-order valence-electron chi connectivity index (χ2n) is 3.14. The SMILES string of the molecule is Cc1cc(Cl)c(C(=O)NCCCO)cn1. The zero-order valence-electron chi connectivity index (χ0n) is 8.46. The van der Waals surface area contributed by atoms with Crippen molar-refractivity contribution >= 4 is 17.5 Å². The molecule has 0 saturated carbocycles. The molecular weight excluding hydrogens is 216 g/mol. The van der Waals surface area contributed by atoms with Crippen LogP contribution in [0.15, 0.2) is 12.3 Å². The highest BCUT2D eigenvalue weighted by Gasteiger charge is 2.09. The molecule has 0 unspecified atom stereocenters. The quantitative estimate of drug-likeness (QED) is 0.761. The third-order valence-corrected chi connectivity index (χ3v) is 2.17. The number of aryl methyl sites for hydroxylation is 1. The number of carbonyl (C=O) groups excluding carboxylic acids is 1. The molecule has 0 saturated heterocycles. The maximum Gasteiger partial charge on any atom is 0.254 e. The van der Waals surface area contributed by atoms with Gasteiger partial charge in [0.25, 0.3) is 5.91 Å². The van der Waals surface area contributed by atoms with Crippen molar-refractivity contribution in [2.75, 3.05) is 13.2 Å². The third-order valence-electron chi connectivity index (χ3n) is 1.86. The Morgan fingerprint density at radius 1 is 1.67 bits per heavy atom. The average Bonchev–Trinajstić information content (AvgIpc) is 2.17. The number of aromatic nitrogens is 1. The van der Waals surface area contributed by atoms with E-state index in [-0.39, 0.29) is 12.5 Å². The molecule has 1 rings (SSSR count). The van der Waals surface area contributed by atoms with Gasteiger partial charge in [0.15, 0.2) is 0 Å². The van der Waals surface area contributed by atoms with Crippen LogP contribution in [-0.4, -0.2) is 29.1 Å². The lowest BCUT2D eigenvalue weighted by Crippen LogP contribution is -2.25. The molecule has 5 heteroatoms. The molecule has 2 N–H and O–H groups in total. The van der Waals surface area contributed by atoms with Crippen molar-refractivity contribution in [2.45, 2.75) is 13.3 Å². The summed E-state index contributed by atoms with van der Waals surface area (Å²) in [5, 5.41) is 11.6. The Bertz CT molecular complexity index is 355. The molecule has 0 spiro atoms. The second-order valence-corrected chi connectivity index (χ2v) is 3.55. The number of pyridine rings is 1. The number of halogens is 1. The van der Waals surface area contributed by atoms with Crippen molar-refractivity contribution in [1.82, 2.24) is 10.3 Å². The molecule has 0 bridgehead atoms. The van der Waals surface area contributed by atoms with Crippen LogP contribution >= 0.6 is 11.6 Å². The summed E-state index contributed by atoms with van der Waals surface area (Å²) in [6, 6.07) is 1.64. The molecule has 0 aliphatic carbocycles. The van der Waals surface area contributed by atoms with Crippen LogP contribution in [0.3, 0.4) is 0 Å². The van der Waals surface area contributed by atoms with E-state index in [1.54, 1.807) is 13.0 Å². The van der Waals surface area contributed by atoms with Crippen molar-refractivity contribution in [3.63, 3.8) is 0 Å². The Morgan fingerprint density at radius 3 is 3.00 bits per heavy atom. The molecule has 1 aromatic heterocycles. The van der Waals surface area contributed by atoms with Gasteiger partial charge < -0.3 is 10.4 Å². The van der Waals surface area contributed by atoms with Crippen LogP contribution in [0.4, 0.5) is 0 Å². The van der Waals surface area contributed by atoms with E-state index in [1.807, 2.05) is 0 Å². The molecule has 0 aromatic carbocycles. The number of nitrogens with one attached hydrogen (secondary N) is 1. The van der Waals surface area contributed by atoms with Gasteiger partial charge in [-0.05, 0) is 19.4 Å². The minimum absolute atomic E-state index is 0.0557. The fourth-order valence-electron chi connectivity index (χ4n) is 1.07. The van der Waals surface area contributed by atoms with Crippen molar-refractivity contribution in [2.24, 2.45) is 0 Å². The molecule has 15 heavy (non-hydrogen) atoms. The first-order valence-corrected chi connectivity index (χ1v) is 5.04. The summed E-state index contributed by atoms with van der Waals surface area (Å²) in [7, 11) is 0. The monoisotopic (exact) mass is 228 g/mol. The average molecular weight is 229 g/mol. The van der Waals surface area contributed by atoms with Gasteiger partial charge in [-0.15, -0.1) is 0 Å². The predicted octanol–water partition coefficient (Wildman–Crippen LogP) is 1.16. The van der Waals surface area contributed by atoms with Gasteiger partial charge in [0, 0.05) is 25.0 Å². The highest BCUT2D eigenvalue weighted by molar-refractivity contribution is 6.33. The Morgan fingerprint density at radius 2 is 2.40 bits per heavy atom. The summed E-state index contributed by atoms with van der Waals surface area (Å²) in [4.78, 5) is 15.5. The van der Waals surface area contributed by atoms with Crippen LogP contribution in [-0.2, 0) is 0 Å². The molecule has 0 atom stereocenters. The lowest BCUT2D eigenvalue weighted by Gasteiger charge is -2.05. The van der Waals surface area contributed by atoms with Gasteiger partial charge in [-0.1, -0.05) is 11.6 Å². The van der Waals surface area contributed by atoms with Gasteiger partial charge in [0.2, 0.25) is 0 Å². The molecule has 1 amide bonds. The van der Waals surface area contributed by atoms with Gasteiger partial charge >= 0.3 is 0 Å². The predicted molar refractivity (Wildman–Crippen MR) is 58.0 cm³/mol. The first-order valence-electron chi connectivity index (χ1n) is 4.66. The maximum atomic E-state index is 11.5. The van der Waals surface area contributed by atoms with Gasteiger partial charge in [-0.2, -0.15) is 0 Å². The van der Waals surface area contributed by atoms with Crippen LogP contribution in [0, 0.1) is 6.92 Å². The first kappa shape index (κ1) is 11.9. The van der Waals surface area contributed by atoms with Crippen LogP contribution in [0.5, 0.6) is 0 Å². The molecular formula is C10H13ClN2O2.